The second kappa shape index (κ2) is 6.23. The number of nitrogens with zero attached hydrogens (tertiary/aromatic N) is 1. The van der Waals surface area contributed by atoms with E-state index >= 15 is 0 Å². The van der Waals surface area contributed by atoms with E-state index in [1.807, 2.05) is 26.1 Å². The van der Waals surface area contributed by atoms with Crippen LogP contribution in [-0.2, 0) is 6.42 Å². The molecule has 0 bridgehead atoms. The Balaban J connectivity index is 2.24. The lowest BCUT2D eigenvalue weighted by atomic mass is 10.1. The fourth-order valence-electron chi connectivity index (χ4n) is 1.90. The number of benzene rings is 1. The molecule has 0 spiro atoms. The number of nitrogens with one attached hydrogen (secondary N) is 1. The molecule has 19 heavy (non-hydrogen) atoms. The van der Waals surface area contributed by atoms with Crippen LogP contribution < -0.4 is 5.32 Å². The summed E-state index contributed by atoms with van der Waals surface area (Å²) in [6.07, 6.45) is 0.748. The second-order valence-corrected chi connectivity index (χ2v) is 6.44. The first-order valence-corrected chi connectivity index (χ1v) is 7.66. The van der Waals surface area contributed by atoms with Crippen molar-refractivity contribution in [3.05, 3.63) is 49.4 Å². The predicted molar refractivity (Wildman–Crippen MR) is 83.6 cm³/mol. The van der Waals surface area contributed by atoms with E-state index in [9.17, 15) is 0 Å². The smallest absolute Gasteiger partial charge is 0.0975 e. The Morgan fingerprint density at radius 1 is 1.37 bits per heavy atom. The van der Waals surface area contributed by atoms with Gasteiger partial charge in [-0.3, -0.25) is 0 Å². The van der Waals surface area contributed by atoms with Gasteiger partial charge in [-0.25, -0.2) is 4.98 Å². The first kappa shape index (κ1) is 14.8. The molecule has 0 aliphatic carbocycles. The minimum atomic E-state index is 0.326. The monoisotopic (exact) mass is 314 g/mol. The lowest BCUT2D eigenvalue weighted by Gasteiger charge is -2.07. The molecular weight excluding hydrogens is 299 g/mol. The van der Waals surface area contributed by atoms with Crippen LogP contribution in [0.5, 0.6) is 0 Å². The molecule has 2 rings (SSSR count). The highest BCUT2D eigenvalue weighted by Crippen LogP contribution is 2.29. The third-order valence-electron chi connectivity index (χ3n) is 3.06. The number of aromatic nitrogens is 1. The van der Waals surface area contributed by atoms with Crippen LogP contribution in [0.1, 0.15) is 34.1 Å². The molecule has 2 aromatic rings. The van der Waals surface area contributed by atoms with Crippen LogP contribution in [0.2, 0.25) is 10.0 Å². The van der Waals surface area contributed by atoms with E-state index in [4.69, 9.17) is 23.2 Å². The molecule has 1 N–H and O–H groups in total. The summed E-state index contributed by atoms with van der Waals surface area (Å²) < 4.78 is 0. The summed E-state index contributed by atoms with van der Waals surface area (Å²) in [4.78, 5) is 5.91. The molecule has 0 saturated heterocycles. The van der Waals surface area contributed by atoms with Crippen molar-refractivity contribution in [3.8, 4) is 0 Å². The Bertz CT molecular complexity index is 581. The summed E-state index contributed by atoms with van der Waals surface area (Å²) in [6.45, 7) is 4.19. The molecule has 0 radical (unpaired) electrons. The Morgan fingerprint density at radius 3 is 2.74 bits per heavy atom. The highest BCUT2D eigenvalue weighted by molar-refractivity contribution is 7.11. The van der Waals surface area contributed by atoms with Crippen molar-refractivity contribution in [3.63, 3.8) is 0 Å². The molecule has 0 aliphatic rings. The van der Waals surface area contributed by atoms with E-state index in [2.05, 4.69) is 17.2 Å². The highest BCUT2D eigenvalue weighted by atomic mass is 35.5. The molecule has 0 fully saturated rings. The number of thiazole rings is 1. The van der Waals surface area contributed by atoms with Crippen molar-refractivity contribution < 1.29 is 0 Å². The molecule has 1 heterocycles. The maximum absolute atomic E-state index is 6.20. The van der Waals surface area contributed by atoms with Gasteiger partial charge in [-0.05, 0) is 38.6 Å². The van der Waals surface area contributed by atoms with Gasteiger partial charge in [0, 0.05) is 27.4 Å². The minimum Gasteiger partial charge on any atom is -0.312 e. The van der Waals surface area contributed by atoms with Gasteiger partial charge < -0.3 is 5.32 Å². The molecule has 1 aromatic carbocycles. The van der Waals surface area contributed by atoms with Gasteiger partial charge in [-0.1, -0.05) is 29.3 Å². The summed E-state index contributed by atoms with van der Waals surface area (Å²) in [5.41, 5.74) is 2.15. The van der Waals surface area contributed by atoms with E-state index in [1.165, 1.54) is 4.88 Å². The largest absolute Gasteiger partial charge is 0.312 e. The minimum absolute atomic E-state index is 0.326. The lowest BCUT2D eigenvalue weighted by molar-refractivity contribution is 0.658. The summed E-state index contributed by atoms with van der Waals surface area (Å²) in [6, 6.07) is 5.92. The van der Waals surface area contributed by atoms with Gasteiger partial charge in [0.15, 0.2) is 0 Å². The van der Waals surface area contributed by atoms with E-state index in [0.717, 1.165) is 22.7 Å². The van der Waals surface area contributed by atoms with Gasteiger partial charge in [0.1, 0.15) is 0 Å². The van der Waals surface area contributed by atoms with Crippen LogP contribution in [0.3, 0.4) is 0 Å². The lowest BCUT2D eigenvalue weighted by Crippen LogP contribution is -2.11. The molecule has 0 amide bonds. The fraction of sp³-hybridized carbons (Fsp3) is 0.357. The van der Waals surface area contributed by atoms with Crippen LogP contribution in [0.4, 0.5) is 0 Å². The van der Waals surface area contributed by atoms with Crippen LogP contribution in [0.25, 0.3) is 0 Å². The molecule has 1 unspecified atom stereocenters. The Labute approximate surface area is 127 Å². The second-order valence-electron chi connectivity index (χ2n) is 4.48. The molecule has 2 nitrogen and oxygen atoms in total. The zero-order valence-electron chi connectivity index (χ0n) is 11.1. The van der Waals surface area contributed by atoms with Crippen LogP contribution >= 0.6 is 34.5 Å². The maximum Gasteiger partial charge on any atom is 0.0975 e. The zero-order chi connectivity index (χ0) is 14.0. The number of aryl methyl sites for hydroxylation is 1. The Kier molecular flexibility index (Phi) is 4.85. The maximum atomic E-state index is 6.20. The van der Waals surface area contributed by atoms with Gasteiger partial charge in [0.2, 0.25) is 0 Å². The quantitative estimate of drug-likeness (QED) is 0.890. The van der Waals surface area contributed by atoms with E-state index < -0.39 is 0 Å². The molecule has 1 atom stereocenters. The molecular formula is C14H16Cl2N2S. The van der Waals surface area contributed by atoms with Crippen molar-refractivity contribution in [1.29, 1.82) is 0 Å². The Morgan fingerprint density at radius 2 is 2.11 bits per heavy atom. The number of hydrogen-bond donors (Lipinski definition) is 1. The molecule has 102 valence electrons. The van der Waals surface area contributed by atoms with Crippen LogP contribution in [-0.4, -0.2) is 12.0 Å². The van der Waals surface area contributed by atoms with Crippen molar-refractivity contribution in [2.75, 3.05) is 7.05 Å². The Hall–Kier alpha value is -0.610. The number of hydrogen-bond acceptors (Lipinski definition) is 3. The zero-order valence-corrected chi connectivity index (χ0v) is 13.5. The standard InChI is InChI=1S/C14H16Cl2N2S/c1-8(17-3)14-9(2)18-13(19-14)6-10-4-5-11(15)7-12(10)16/h4-5,7-8,17H,6H2,1-3H3. The third kappa shape index (κ3) is 3.48. The topological polar surface area (TPSA) is 24.9 Å². The van der Waals surface area contributed by atoms with Crippen LogP contribution in [0, 0.1) is 6.92 Å². The molecule has 0 saturated carbocycles. The van der Waals surface area contributed by atoms with Gasteiger partial charge in [0.05, 0.1) is 10.7 Å². The van der Waals surface area contributed by atoms with E-state index in [0.29, 0.717) is 16.1 Å². The highest BCUT2D eigenvalue weighted by Gasteiger charge is 2.14. The SMILES string of the molecule is CNC(C)c1sc(Cc2ccc(Cl)cc2Cl)nc1C. The average molecular weight is 315 g/mol. The average Bonchev–Trinajstić information content (AvgIpc) is 2.73. The van der Waals surface area contributed by atoms with Crippen molar-refractivity contribution in [1.82, 2.24) is 10.3 Å². The molecule has 5 heteroatoms. The number of halogens is 2. The predicted octanol–water partition coefficient (Wildman–Crippen LogP) is 4.63. The van der Waals surface area contributed by atoms with Gasteiger partial charge >= 0.3 is 0 Å². The fourth-order valence-corrected chi connectivity index (χ4v) is 3.53. The summed E-state index contributed by atoms with van der Waals surface area (Å²) in [7, 11) is 1.96. The van der Waals surface area contributed by atoms with Crippen LogP contribution in [0.15, 0.2) is 18.2 Å². The van der Waals surface area contributed by atoms with Gasteiger partial charge in [-0.15, -0.1) is 11.3 Å². The molecule has 0 aliphatic heterocycles. The number of rotatable bonds is 4. The van der Waals surface area contributed by atoms with E-state index in [-0.39, 0.29) is 0 Å². The summed E-state index contributed by atoms with van der Waals surface area (Å²) >= 11 is 13.8. The normalized spacial score (nSPS) is 12.7. The van der Waals surface area contributed by atoms with Crippen molar-refractivity contribution in [2.45, 2.75) is 26.3 Å². The summed E-state index contributed by atoms with van der Waals surface area (Å²) in [5, 5.41) is 5.69. The summed E-state index contributed by atoms with van der Waals surface area (Å²) in [5.74, 6) is 0. The first-order chi connectivity index (χ1) is 9.01. The van der Waals surface area contributed by atoms with Crippen molar-refractivity contribution in [2.24, 2.45) is 0 Å². The van der Waals surface area contributed by atoms with E-state index in [1.54, 1.807) is 17.4 Å². The van der Waals surface area contributed by atoms with Gasteiger partial charge in [-0.2, -0.15) is 0 Å². The third-order valence-corrected chi connectivity index (χ3v) is 4.99. The van der Waals surface area contributed by atoms with Crippen molar-refractivity contribution >= 4 is 34.5 Å². The molecule has 1 aromatic heterocycles. The van der Waals surface area contributed by atoms with Gasteiger partial charge in [0.25, 0.3) is 0 Å². The first-order valence-electron chi connectivity index (χ1n) is 6.08.